The van der Waals surface area contributed by atoms with E-state index in [0.29, 0.717) is 0 Å². The zero-order valence-electron chi connectivity index (χ0n) is 19.2. The van der Waals surface area contributed by atoms with Crippen molar-refractivity contribution in [2.24, 2.45) is 0 Å². The third-order valence-corrected chi connectivity index (χ3v) is 5.66. The quantitative estimate of drug-likeness (QED) is 0.195. The van der Waals surface area contributed by atoms with Crippen molar-refractivity contribution in [3.8, 4) is 0 Å². The lowest BCUT2D eigenvalue weighted by Gasteiger charge is -2.19. The van der Waals surface area contributed by atoms with Crippen LogP contribution in [-0.2, 0) is 4.74 Å². The zero-order chi connectivity index (χ0) is 22.0. The van der Waals surface area contributed by atoms with E-state index in [-0.39, 0.29) is 17.2 Å². The molecule has 0 saturated heterocycles. The van der Waals surface area contributed by atoms with Crippen molar-refractivity contribution in [2.45, 2.75) is 116 Å². The number of aromatic carboxylic acids is 1. The summed E-state index contributed by atoms with van der Waals surface area (Å²) in [5, 5.41) is 9.34. The van der Waals surface area contributed by atoms with Gasteiger partial charge in [-0.15, -0.1) is 0 Å². The van der Waals surface area contributed by atoms with Gasteiger partial charge in [-0.3, -0.25) is 0 Å². The van der Waals surface area contributed by atoms with Crippen LogP contribution in [0.1, 0.15) is 131 Å². The average molecular weight is 419 g/mol. The number of esters is 1. The van der Waals surface area contributed by atoms with Gasteiger partial charge in [-0.05, 0) is 37.8 Å². The summed E-state index contributed by atoms with van der Waals surface area (Å²) in [6.07, 6.45) is 17.5. The summed E-state index contributed by atoms with van der Waals surface area (Å²) >= 11 is 0. The predicted molar refractivity (Wildman–Crippen MR) is 123 cm³/mol. The Hall–Kier alpha value is -1.84. The Kier molecular flexibility index (Phi) is 14.8. The minimum atomic E-state index is -1.10. The van der Waals surface area contributed by atoms with Gasteiger partial charge in [0, 0.05) is 0 Å². The molecule has 0 heterocycles. The van der Waals surface area contributed by atoms with E-state index in [1.165, 1.54) is 70.3 Å². The van der Waals surface area contributed by atoms with Gasteiger partial charge < -0.3 is 9.84 Å². The van der Waals surface area contributed by atoms with Crippen LogP contribution in [0.4, 0.5) is 0 Å². The van der Waals surface area contributed by atoms with Crippen molar-refractivity contribution in [1.29, 1.82) is 0 Å². The second kappa shape index (κ2) is 16.9. The second-order valence-electron chi connectivity index (χ2n) is 8.34. The summed E-state index contributed by atoms with van der Waals surface area (Å²) in [7, 11) is 0. The molecule has 0 aliphatic heterocycles. The number of ether oxygens (including phenoxy) is 1. The number of hydrogen-bond acceptors (Lipinski definition) is 3. The Morgan fingerprint density at radius 2 is 1.17 bits per heavy atom. The topological polar surface area (TPSA) is 63.6 Å². The molecule has 170 valence electrons. The summed E-state index contributed by atoms with van der Waals surface area (Å²) in [6.45, 7) is 4.44. The number of unbranched alkanes of at least 4 members (excludes halogenated alkanes) is 11. The summed E-state index contributed by atoms with van der Waals surface area (Å²) < 4.78 is 5.79. The number of hydrogen-bond donors (Lipinski definition) is 1. The lowest BCUT2D eigenvalue weighted by molar-refractivity contribution is 0.0244. The Morgan fingerprint density at radius 1 is 0.733 bits per heavy atom. The highest BCUT2D eigenvalue weighted by Gasteiger charge is 2.20. The highest BCUT2D eigenvalue weighted by molar-refractivity contribution is 6.02. The molecule has 0 bridgehead atoms. The van der Waals surface area contributed by atoms with E-state index in [1.807, 2.05) is 0 Å². The van der Waals surface area contributed by atoms with Crippen molar-refractivity contribution in [3.63, 3.8) is 0 Å². The van der Waals surface area contributed by atoms with Crippen molar-refractivity contribution in [2.75, 3.05) is 0 Å². The fourth-order valence-corrected chi connectivity index (χ4v) is 3.81. The standard InChI is InChI=1S/C26H42O4/c1-3-5-7-9-10-11-13-15-19-22(18-14-12-8-6-4-2)30-26(29)24-21-17-16-20-23(24)25(27)28/h16-17,20-22H,3-15,18-19H2,1-2H3,(H,27,28). The van der Waals surface area contributed by atoms with E-state index < -0.39 is 11.9 Å². The van der Waals surface area contributed by atoms with Crippen molar-refractivity contribution >= 4 is 11.9 Å². The van der Waals surface area contributed by atoms with E-state index in [0.717, 1.165) is 32.1 Å². The number of rotatable bonds is 18. The molecule has 1 rings (SSSR count). The van der Waals surface area contributed by atoms with Crippen molar-refractivity contribution in [3.05, 3.63) is 35.4 Å². The maximum absolute atomic E-state index is 12.7. The summed E-state index contributed by atoms with van der Waals surface area (Å²) in [5.74, 6) is -1.60. The van der Waals surface area contributed by atoms with Crippen molar-refractivity contribution in [1.82, 2.24) is 0 Å². The molecule has 0 aromatic heterocycles. The van der Waals surface area contributed by atoms with Gasteiger partial charge in [-0.2, -0.15) is 0 Å². The van der Waals surface area contributed by atoms with Crippen molar-refractivity contribution < 1.29 is 19.4 Å². The second-order valence-corrected chi connectivity index (χ2v) is 8.34. The fraction of sp³-hybridized carbons (Fsp3) is 0.692. The first-order valence-electron chi connectivity index (χ1n) is 12.1. The van der Waals surface area contributed by atoms with E-state index in [9.17, 15) is 14.7 Å². The number of carbonyl (C=O) groups is 2. The van der Waals surface area contributed by atoms with Crippen LogP contribution in [-0.4, -0.2) is 23.1 Å². The highest BCUT2D eigenvalue weighted by atomic mass is 16.5. The largest absolute Gasteiger partial charge is 0.478 e. The Labute approximate surface area is 183 Å². The zero-order valence-corrected chi connectivity index (χ0v) is 19.2. The van der Waals surface area contributed by atoms with E-state index in [1.54, 1.807) is 18.2 Å². The molecule has 30 heavy (non-hydrogen) atoms. The summed E-state index contributed by atoms with van der Waals surface area (Å²) in [4.78, 5) is 24.1. The molecule has 0 radical (unpaired) electrons. The average Bonchev–Trinajstić information content (AvgIpc) is 2.75. The van der Waals surface area contributed by atoms with Crippen LogP contribution in [0.15, 0.2) is 24.3 Å². The molecule has 0 aliphatic rings. The van der Waals surface area contributed by atoms with Gasteiger partial charge in [0.05, 0.1) is 11.1 Å². The first kappa shape index (κ1) is 26.2. The molecule has 1 atom stereocenters. The molecule has 1 N–H and O–H groups in total. The van der Waals surface area contributed by atoms with Gasteiger partial charge in [-0.1, -0.05) is 96.6 Å². The Balaban J connectivity index is 2.52. The monoisotopic (exact) mass is 418 g/mol. The minimum Gasteiger partial charge on any atom is -0.478 e. The number of carboxylic acid groups (broad SMARTS) is 1. The molecule has 0 fully saturated rings. The van der Waals surface area contributed by atoms with Crippen LogP contribution >= 0.6 is 0 Å². The molecule has 0 aliphatic carbocycles. The lowest BCUT2D eigenvalue weighted by Crippen LogP contribution is -2.20. The molecular formula is C26H42O4. The molecular weight excluding hydrogens is 376 g/mol. The molecule has 0 spiro atoms. The Morgan fingerprint density at radius 3 is 1.63 bits per heavy atom. The van der Waals surface area contributed by atoms with Gasteiger partial charge in [0.1, 0.15) is 6.10 Å². The molecule has 1 unspecified atom stereocenters. The van der Waals surface area contributed by atoms with Gasteiger partial charge in [0.2, 0.25) is 0 Å². The van der Waals surface area contributed by atoms with Gasteiger partial charge >= 0.3 is 11.9 Å². The number of carbonyl (C=O) groups excluding carboxylic acids is 1. The summed E-state index contributed by atoms with van der Waals surface area (Å²) in [6, 6.07) is 6.31. The first-order valence-corrected chi connectivity index (χ1v) is 12.1. The van der Waals surface area contributed by atoms with Crippen LogP contribution in [0.25, 0.3) is 0 Å². The molecule has 1 aromatic carbocycles. The molecule has 4 heteroatoms. The fourth-order valence-electron chi connectivity index (χ4n) is 3.81. The number of carboxylic acids is 1. The van der Waals surface area contributed by atoms with Crippen LogP contribution in [0.2, 0.25) is 0 Å². The maximum atomic E-state index is 12.7. The van der Waals surface area contributed by atoms with Crippen LogP contribution in [0.5, 0.6) is 0 Å². The van der Waals surface area contributed by atoms with Gasteiger partial charge in [0.25, 0.3) is 0 Å². The lowest BCUT2D eigenvalue weighted by atomic mass is 10.0. The SMILES string of the molecule is CCCCCCCCCCC(CCCCCCC)OC(=O)c1ccccc1C(=O)O. The molecule has 4 nitrogen and oxygen atoms in total. The highest BCUT2D eigenvalue weighted by Crippen LogP contribution is 2.19. The van der Waals surface area contributed by atoms with Crippen LogP contribution < -0.4 is 0 Å². The smallest absolute Gasteiger partial charge is 0.339 e. The van der Waals surface area contributed by atoms with Gasteiger partial charge in [-0.25, -0.2) is 9.59 Å². The Bertz CT molecular complexity index is 596. The van der Waals surface area contributed by atoms with Crippen LogP contribution in [0, 0.1) is 0 Å². The first-order chi connectivity index (χ1) is 14.6. The molecule has 0 saturated carbocycles. The van der Waals surface area contributed by atoms with E-state index in [4.69, 9.17) is 4.74 Å². The molecule has 0 amide bonds. The maximum Gasteiger partial charge on any atom is 0.339 e. The summed E-state index contributed by atoms with van der Waals surface area (Å²) in [5.41, 5.74) is 0.160. The van der Waals surface area contributed by atoms with E-state index in [2.05, 4.69) is 13.8 Å². The minimum absolute atomic E-state index is 0.0104. The van der Waals surface area contributed by atoms with E-state index >= 15 is 0 Å². The third-order valence-electron chi connectivity index (χ3n) is 5.66. The van der Waals surface area contributed by atoms with Crippen LogP contribution in [0.3, 0.4) is 0 Å². The van der Waals surface area contributed by atoms with Gasteiger partial charge in [0.15, 0.2) is 0 Å². The number of benzene rings is 1. The normalized spacial score (nSPS) is 11.9. The predicted octanol–water partition coefficient (Wildman–Crippen LogP) is 7.80. The third kappa shape index (κ3) is 11.4. The molecule has 1 aromatic rings.